The van der Waals surface area contributed by atoms with Crippen molar-refractivity contribution in [1.29, 1.82) is 0 Å². The number of esters is 1. The minimum Gasteiger partial charge on any atom is -0.455 e. The van der Waals surface area contributed by atoms with Crippen LogP contribution < -0.4 is 10.6 Å². The molecule has 0 radical (unpaired) electrons. The average Bonchev–Trinajstić information content (AvgIpc) is 3.10. The van der Waals surface area contributed by atoms with Crippen molar-refractivity contribution >= 4 is 39.5 Å². The second kappa shape index (κ2) is 8.94. The molecule has 27 heavy (non-hydrogen) atoms. The topological polar surface area (TPSA) is 97.4 Å². The van der Waals surface area contributed by atoms with Crippen molar-refractivity contribution in [2.45, 2.75) is 38.5 Å². The number of benzene rings is 1. The van der Waals surface area contributed by atoms with Gasteiger partial charge in [0.05, 0.1) is 21.1 Å². The first kappa shape index (κ1) is 19.3. The van der Waals surface area contributed by atoms with Gasteiger partial charge in [0.2, 0.25) is 0 Å². The van der Waals surface area contributed by atoms with Gasteiger partial charge in [-0.25, -0.2) is 9.78 Å². The maximum absolute atomic E-state index is 12.6. The second-order valence-corrected chi connectivity index (χ2v) is 7.59. The minimum absolute atomic E-state index is 0.00935. The quantitative estimate of drug-likeness (QED) is 0.766. The smallest absolute Gasteiger partial charge is 0.321 e. The molecule has 0 unspecified atom stereocenters. The summed E-state index contributed by atoms with van der Waals surface area (Å²) in [5.74, 6) is -1.33. The van der Waals surface area contributed by atoms with E-state index in [1.165, 1.54) is 0 Å². The fourth-order valence-electron chi connectivity index (χ4n) is 3.37. The zero-order valence-corrected chi connectivity index (χ0v) is 16.0. The number of amides is 3. The summed E-state index contributed by atoms with van der Waals surface area (Å²) in [5, 5.41) is 5.52. The van der Waals surface area contributed by atoms with Crippen LogP contribution in [0.5, 0.6) is 0 Å². The number of urea groups is 1. The van der Waals surface area contributed by atoms with Crippen molar-refractivity contribution in [2.75, 3.05) is 13.2 Å². The normalized spacial score (nSPS) is 19.4. The van der Waals surface area contributed by atoms with Crippen LogP contribution in [0.4, 0.5) is 4.79 Å². The molecule has 144 valence electrons. The number of rotatable bonds is 5. The predicted octanol–water partition coefficient (Wildman–Crippen LogP) is 2.96. The van der Waals surface area contributed by atoms with Gasteiger partial charge in [-0.2, -0.15) is 0 Å². The maximum Gasteiger partial charge on any atom is 0.321 e. The summed E-state index contributed by atoms with van der Waals surface area (Å²) in [4.78, 5) is 40.3. The van der Waals surface area contributed by atoms with Gasteiger partial charge in [-0.05, 0) is 31.9 Å². The molecule has 0 bridgehead atoms. The number of carbonyl (C=O) groups is 3. The highest BCUT2D eigenvalue weighted by atomic mass is 32.1. The first-order valence-electron chi connectivity index (χ1n) is 9.18. The number of nitrogens with one attached hydrogen (secondary N) is 2. The largest absolute Gasteiger partial charge is 0.455 e. The number of hydrogen-bond donors (Lipinski definition) is 2. The maximum atomic E-state index is 12.6. The van der Waals surface area contributed by atoms with Crippen LogP contribution in [0.3, 0.4) is 0 Å². The van der Waals surface area contributed by atoms with Crippen molar-refractivity contribution < 1.29 is 19.1 Å². The van der Waals surface area contributed by atoms with Crippen molar-refractivity contribution in [1.82, 2.24) is 15.6 Å². The summed E-state index contributed by atoms with van der Waals surface area (Å²) < 4.78 is 6.30. The lowest BCUT2D eigenvalue weighted by atomic mass is 9.79. The van der Waals surface area contributed by atoms with E-state index in [1.807, 2.05) is 24.3 Å². The van der Waals surface area contributed by atoms with E-state index in [-0.39, 0.29) is 11.8 Å². The van der Waals surface area contributed by atoms with Crippen molar-refractivity contribution in [3.05, 3.63) is 29.3 Å². The Labute approximate surface area is 161 Å². The fourth-order valence-corrected chi connectivity index (χ4v) is 4.54. The lowest BCUT2D eigenvalue weighted by Gasteiger charge is -2.28. The number of thiazole rings is 1. The summed E-state index contributed by atoms with van der Waals surface area (Å²) in [6.07, 6.45) is 3.59. The highest BCUT2D eigenvalue weighted by Crippen LogP contribution is 2.41. The third kappa shape index (κ3) is 4.82. The monoisotopic (exact) mass is 389 g/mol. The SMILES string of the molecule is CCNC(=O)NC(=O)COC(=O)[C@@H]1CCCC[C@@H]1c1nc2ccccc2s1. The first-order chi connectivity index (χ1) is 13.1. The van der Waals surface area contributed by atoms with Crippen molar-refractivity contribution in [3.8, 4) is 0 Å². The molecule has 0 aliphatic heterocycles. The number of ether oxygens (including phenoxy) is 1. The molecule has 2 N–H and O–H groups in total. The summed E-state index contributed by atoms with van der Waals surface area (Å²) in [6.45, 7) is 1.69. The molecule has 0 spiro atoms. The molecule has 7 nitrogen and oxygen atoms in total. The molecule has 2 atom stereocenters. The van der Waals surface area contributed by atoms with Gasteiger partial charge in [0, 0.05) is 12.5 Å². The van der Waals surface area contributed by atoms with Crippen LogP contribution >= 0.6 is 11.3 Å². The summed E-state index contributed by atoms with van der Waals surface area (Å²) >= 11 is 1.61. The third-order valence-corrected chi connectivity index (χ3v) is 5.80. The van der Waals surface area contributed by atoms with Gasteiger partial charge in [0.25, 0.3) is 5.91 Å². The average molecular weight is 389 g/mol. The van der Waals surface area contributed by atoms with E-state index in [0.717, 1.165) is 40.9 Å². The van der Waals surface area contributed by atoms with Crippen LogP contribution in [0.2, 0.25) is 0 Å². The number of hydrogen-bond acceptors (Lipinski definition) is 6. The van der Waals surface area contributed by atoms with E-state index < -0.39 is 24.5 Å². The standard InChI is InChI=1S/C19H23N3O4S/c1-2-20-19(25)22-16(23)11-26-18(24)13-8-4-3-7-12(13)17-21-14-9-5-6-10-15(14)27-17/h5-6,9-10,12-13H,2-4,7-8,11H2,1H3,(H2,20,22,23,25)/t12-,13+/m0/s1. The Morgan fingerprint density at radius 3 is 2.78 bits per heavy atom. The third-order valence-electron chi connectivity index (χ3n) is 4.63. The van der Waals surface area contributed by atoms with E-state index in [1.54, 1.807) is 18.3 Å². The number of imide groups is 1. The Balaban J connectivity index is 1.63. The molecule has 1 aliphatic rings. The highest BCUT2D eigenvalue weighted by molar-refractivity contribution is 7.18. The zero-order valence-electron chi connectivity index (χ0n) is 15.2. The minimum atomic E-state index is -0.637. The molecule has 8 heteroatoms. The Morgan fingerprint density at radius 2 is 2.00 bits per heavy atom. The Hall–Kier alpha value is -2.48. The molecule has 1 heterocycles. The number of fused-ring (bicyclic) bond motifs is 1. The summed E-state index contributed by atoms with van der Waals surface area (Å²) in [6, 6.07) is 7.33. The van der Waals surface area contributed by atoms with E-state index >= 15 is 0 Å². The summed E-state index contributed by atoms with van der Waals surface area (Å²) in [5.41, 5.74) is 0.941. The Kier molecular flexibility index (Phi) is 6.39. The van der Waals surface area contributed by atoms with E-state index in [9.17, 15) is 14.4 Å². The van der Waals surface area contributed by atoms with Gasteiger partial charge in [0.1, 0.15) is 0 Å². The van der Waals surface area contributed by atoms with Gasteiger partial charge in [0.15, 0.2) is 6.61 Å². The van der Waals surface area contributed by atoms with Crippen LogP contribution in [0.15, 0.2) is 24.3 Å². The van der Waals surface area contributed by atoms with Crippen molar-refractivity contribution in [2.24, 2.45) is 5.92 Å². The number of para-hydroxylation sites is 1. The second-order valence-electron chi connectivity index (χ2n) is 6.53. The summed E-state index contributed by atoms with van der Waals surface area (Å²) in [7, 11) is 0. The van der Waals surface area contributed by atoms with Gasteiger partial charge in [-0.3, -0.25) is 14.9 Å². The molecule has 3 rings (SSSR count). The van der Waals surface area contributed by atoms with E-state index in [4.69, 9.17) is 9.72 Å². The van der Waals surface area contributed by atoms with Crippen LogP contribution in [-0.2, 0) is 14.3 Å². The van der Waals surface area contributed by atoms with Gasteiger partial charge in [-0.15, -0.1) is 11.3 Å². The first-order valence-corrected chi connectivity index (χ1v) is 10.00. The lowest BCUT2D eigenvalue weighted by molar-refractivity contribution is -0.154. The Bertz CT molecular complexity index is 802. The molecule has 1 fully saturated rings. The molecular formula is C19H23N3O4S. The van der Waals surface area contributed by atoms with Crippen molar-refractivity contribution in [3.63, 3.8) is 0 Å². The molecule has 1 aromatic carbocycles. The van der Waals surface area contributed by atoms with Gasteiger partial charge < -0.3 is 10.1 Å². The molecule has 2 aromatic rings. The predicted molar refractivity (Wildman–Crippen MR) is 102 cm³/mol. The van der Waals surface area contributed by atoms with E-state index in [2.05, 4.69) is 10.6 Å². The molecule has 1 aliphatic carbocycles. The zero-order chi connectivity index (χ0) is 19.2. The van der Waals surface area contributed by atoms with Gasteiger partial charge >= 0.3 is 12.0 Å². The van der Waals surface area contributed by atoms with Gasteiger partial charge in [-0.1, -0.05) is 25.0 Å². The molecular weight excluding hydrogens is 366 g/mol. The van der Waals surface area contributed by atoms with E-state index in [0.29, 0.717) is 6.54 Å². The molecule has 1 aromatic heterocycles. The fraction of sp³-hybridized carbons (Fsp3) is 0.474. The van der Waals surface area contributed by atoms with Crippen LogP contribution in [-0.4, -0.2) is 36.0 Å². The van der Waals surface area contributed by atoms with Crippen LogP contribution in [0, 0.1) is 5.92 Å². The molecule has 1 saturated carbocycles. The number of nitrogens with zero attached hydrogens (tertiary/aromatic N) is 1. The highest BCUT2D eigenvalue weighted by Gasteiger charge is 2.35. The lowest BCUT2D eigenvalue weighted by Crippen LogP contribution is -2.41. The molecule has 3 amide bonds. The number of carbonyl (C=O) groups excluding carboxylic acids is 3. The van der Waals surface area contributed by atoms with Crippen LogP contribution in [0.25, 0.3) is 10.2 Å². The number of aromatic nitrogens is 1. The molecule has 0 saturated heterocycles. The Morgan fingerprint density at radius 1 is 1.22 bits per heavy atom. The van der Waals surface area contributed by atoms with Crippen LogP contribution in [0.1, 0.15) is 43.5 Å².